The van der Waals surface area contributed by atoms with E-state index in [1.807, 2.05) is 18.5 Å². The van der Waals surface area contributed by atoms with Gasteiger partial charge in [-0.15, -0.1) is 18.9 Å². The van der Waals surface area contributed by atoms with Crippen LogP contribution in [0.5, 0.6) is 0 Å². The maximum Gasteiger partial charge on any atom is 0.0413 e. The van der Waals surface area contributed by atoms with Gasteiger partial charge in [0.25, 0.3) is 0 Å². The summed E-state index contributed by atoms with van der Waals surface area (Å²) in [6, 6.07) is 8.46. The quantitative estimate of drug-likeness (QED) is 0.446. The van der Waals surface area contributed by atoms with Gasteiger partial charge in [0.05, 0.1) is 0 Å². The van der Waals surface area contributed by atoms with Gasteiger partial charge in [0, 0.05) is 36.6 Å². The molecule has 2 aromatic heterocycles. The number of allylic oxidation sites excluding steroid dienone is 1. The highest BCUT2D eigenvalue weighted by atomic mass is 14.7. The first-order valence-electron chi connectivity index (χ1n) is 9.41. The highest BCUT2D eigenvalue weighted by Gasteiger charge is 2.00. The highest BCUT2D eigenvalue weighted by molar-refractivity contribution is 5.18. The normalized spacial score (nSPS) is 10.2. The van der Waals surface area contributed by atoms with E-state index in [0.717, 1.165) is 37.1 Å². The van der Waals surface area contributed by atoms with Crippen molar-refractivity contribution in [3.8, 4) is 12.3 Å². The molecule has 0 atom stereocenters. The lowest BCUT2D eigenvalue weighted by atomic mass is 10.1. The molecule has 2 heterocycles. The molecule has 138 valence electrons. The van der Waals surface area contributed by atoms with Crippen LogP contribution in [0.2, 0.25) is 0 Å². The standard InChI is InChI=1S/C12H17N.C12H15N/c2*1-4-5-6-12-8-7-11(9-13-12)10(2)3/h4,7-10H,1,5-6H2,2-3H3;1,7-10H,5-6H2,2-3H3. The Balaban J connectivity index is 0.000000260. The van der Waals surface area contributed by atoms with E-state index in [9.17, 15) is 0 Å². The topological polar surface area (TPSA) is 25.8 Å². The zero-order valence-electron chi connectivity index (χ0n) is 16.7. The van der Waals surface area contributed by atoms with Crippen molar-refractivity contribution in [3.63, 3.8) is 0 Å². The van der Waals surface area contributed by atoms with E-state index >= 15 is 0 Å². The number of nitrogens with zero attached hydrogens (tertiary/aromatic N) is 2. The number of aryl methyl sites for hydroxylation is 2. The van der Waals surface area contributed by atoms with Crippen LogP contribution in [0.25, 0.3) is 0 Å². The molecule has 0 saturated carbocycles. The average Bonchev–Trinajstić information content (AvgIpc) is 2.66. The molecule has 0 radical (unpaired) electrons. The van der Waals surface area contributed by atoms with Crippen LogP contribution >= 0.6 is 0 Å². The first-order valence-corrected chi connectivity index (χ1v) is 9.41. The zero-order chi connectivity index (χ0) is 19.4. The summed E-state index contributed by atoms with van der Waals surface area (Å²) >= 11 is 0. The van der Waals surface area contributed by atoms with Gasteiger partial charge in [-0.2, -0.15) is 0 Å². The molecule has 0 aliphatic rings. The van der Waals surface area contributed by atoms with Crippen molar-refractivity contribution in [1.29, 1.82) is 0 Å². The number of rotatable bonds is 7. The lowest BCUT2D eigenvalue weighted by molar-refractivity contribution is 0.846. The molecule has 0 N–H and O–H groups in total. The Kier molecular flexibility index (Phi) is 10.0. The lowest BCUT2D eigenvalue weighted by Crippen LogP contribution is -1.93. The molecule has 0 spiro atoms. The Morgan fingerprint density at radius 3 is 1.77 bits per heavy atom. The summed E-state index contributed by atoms with van der Waals surface area (Å²) in [6.45, 7) is 12.4. The summed E-state index contributed by atoms with van der Waals surface area (Å²) in [4.78, 5) is 8.73. The summed E-state index contributed by atoms with van der Waals surface area (Å²) < 4.78 is 0. The van der Waals surface area contributed by atoms with Crippen molar-refractivity contribution in [3.05, 3.63) is 71.8 Å². The van der Waals surface area contributed by atoms with E-state index in [1.165, 1.54) is 11.1 Å². The van der Waals surface area contributed by atoms with E-state index in [-0.39, 0.29) is 0 Å². The van der Waals surface area contributed by atoms with Crippen molar-refractivity contribution in [2.75, 3.05) is 0 Å². The SMILES string of the molecule is C#CCCc1ccc(C(C)C)cn1.C=CCCc1ccc(C(C)C)cn1. The number of hydrogen-bond donors (Lipinski definition) is 0. The molecule has 0 fully saturated rings. The first kappa shape index (κ1) is 21.6. The minimum Gasteiger partial charge on any atom is -0.261 e. The maximum absolute atomic E-state index is 5.18. The fraction of sp³-hybridized carbons (Fsp3) is 0.417. The molecular formula is C24H32N2. The molecule has 0 bridgehead atoms. The van der Waals surface area contributed by atoms with Crippen LogP contribution < -0.4 is 0 Å². The molecule has 0 aliphatic heterocycles. The van der Waals surface area contributed by atoms with Gasteiger partial charge in [-0.25, -0.2) is 0 Å². The van der Waals surface area contributed by atoms with Gasteiger partial charge in [-0.05, 0) is 47.9 Å². The highest BCUT2D eigenvalue weighted by Crippen LogP contribution is 2.14. The van der Waals surface area contributed by atoms with Crippen molar-refractivity contribution in [2.24, 2.45) is 0 Å². The Hall–Kier alpha value is -2.40. The molecule has 0 saturated heterocycles. The van der Waals surface area contributed by atoms with E-state index in [4.69, 9.17) is 6.42 Å². The second kappa shape index (κ2) is 12.0. The third-order valence-electron chi connectivity index (χ3n) is 4.16. The van der Waals surface area contributed by atoms with E-state index in [2.05, 4.69) is 74.4 Å². The summed E-state index contributed by atoms with van der Waals surface area (Å²) in [6.07, 6.45) is 14.7. The molecule has 0 aliphatic carbocycles. The Morgan fingerprint density at radius 1 is 0.923 bits per heavy atom. The van der Waals surface area contributed by atoms with Crippen LogP contribution in [0.4, 0.5) is 0 Å². The lowest BCUT2D eigenvalue weighted by Gasteiger charge is -2.04. The second-order valence-corrected chi connectivity index (χ2v) is 7.01. The number of pyridine rings is 2. The number of hydrogen-bond acceptors (Lipinski definition) is 2. The predicted molar refractivity (Wildman–Crippen MR) is 112 cm³/mol. The monoisotopic (exact) mass is 348 g/mol. The molecule has 0 unspecified atom stereocenters. The first-order chi connectivity index (χ1) is 12.5. The van der Waals surface area contributed by atoms with Crippen LogP contribution in [0, 0.1) is 12.3 Å². The van der Waals surface area contributed by atoms with Gasteiger partial charge < -0.3 is 0 Å². The van der Waals surface area contributed by atoms with E-state index in [0.29, 0.717) is 11.8 Å². The largest absolute Gasteiger partial charge is 0.261 e. The van der Waals surface area contributed by atoms with Crippen LogP contribution in [0.3, 0.4) is 0 Å². The molecular weight excluding hydrogens is 316 g/mol. The van der Waals surface area contributed by atoms with Gasteiger partial charge in [0.2, 0.25) is 0 Å². The van der Waals surface area contributed by atoms with Crippen molar-refractivity contribution >= 4 is 0 Å². The van der Waals surface area contributed by atoms with Gasteiger partial charge in [-0.3, -0.25) is 9.97 Å². The number of terminal acetylenes is 1. The van der Waals surface area contributed by atoms with Crippen molar-refractivity contribution in [2.45, 2.75) is 65.2 Å². The minimum atomic E-state index is 0.550. The fourth-order valence-corrected chi connectivity index (χ4v) is 2.30. The Bertz CT molecular complexity index is 674. The summed E-state index contributed by atoms with van der Waals surface area (Å²) in [5.41, 5.74) is 4.83. The summed E-state index contributed by atoms with van der Waals surface area (Å²) in [5.74, 6) is 3.73. The van der Waals surface area contributed by atoms with Gasteiger partial charge in [0.1, 0.15) is 0 Å². The van der Waals surface area contributed by atoms with Crippen LogP contribution in [-0.2, 0) is 12.8 Å². The average molecular weight is 349 g/mol. The van der Waals surface area contributed by atoms with Gasteiger partial charge in [0.15, 0.2) is 0 Å². The maximum atomic E-state index is 5.18. The second-order valence-electron chi connectivity index (χ2n) is 7.01. The van der Waals surface area contributed by atoms with Crippen LogP contribution in [-0.4, -0.2) is 9.97 Å². The minimum absolute atomic E-state index is 0.550. The third-order valence-corrected chi connectivity index (χ3v) is 4.16. The molecule has 2 rings (SSSR count). The summed E-state index contributed by atoms with van der Waals surface area (Å²) in [7, 11) is 0. The summed E-state index contributed by atoms with van der Waals surface area (Å²) in [5, 5.41) is 0. The molecule has 2 nitrogen and oxygen atoms in total. The Labute approximate surface area is 159 Å². The zero-order valence-corrected chi connectivity index (χ0v) is 16.7. The molecule has 2 aromatic rings. The van der Waals surface area contributed by atoms with Gasteiger partial charge in [-0.1, -0.05) is 45.9 Å². The molecule has 2 heteroatoms. The van der Waals surface area contributed by atoms with E-state index in [1.54, 1.807) is 0 Å². The fourth-order valence-electron chi connectivity index (χ4n) is 2.30. The predicted octanol–water partition coefficient (Wildman–Crippen LogP) is 6.09. The molecule has 26 heavy (non-hydrogen) atoms. The molecule has 0 amide bonds. The molecule has 0 aromatic carbocycles. The van der Waals surface area contributed by atoms with Crippen LogP contribution in [0.1, 0.15) is 74.9 Å². The van der Waals surface area contributed by atoms with Crippen molar-refractivity contribution < 1.29 is 0 Å². The van der Waals surface area contributed by atoms with Crippen molar-refractivity contribution in [1.82, 2.24) is 9.97 Å². The van der Waals surface area contributed by atoms with Crippen LogP contribution in [0.15, 0.2) is 49.3 Å². The third kappa shape index (κ3) is 8.12. The number of aromatic nitrogens is 2. The Morgan fingerprint density at radius 2 is 1.42 bits per heavy atom. The van der Waals surface area contributed by atoms with E-state index < -0.39 is 0 Å². The van der Waals surface area contributed by atoms with Gasteiger partial charge >= 0.3 is 0 Å². The smallest absolute Gasteiger partial charge is 0.0413 e.